The number of furan rings is 1. The molecule has 0 aliphatic heterocycles. The lowest BCUT2D eigenvalue weighted by Gasteiger charge is -2.15. The Morgan fingerprint density at radius 2 is 2.44 bits per heavy atom. The van der Waals surface area contributed by atoms with Gasteiger partial charge < -0.3 is 10.2 Å². The van der Waals surface area contributed by atoms with Crippen LogP contribution >= 0.6 is 11.3 Å². The van der Waals surface area contributed by atoms with Crippen molar-refractivity contribution in [3.05, 3.63) is 28.5 Å². The van der Waals surface area contributed by atoms with E-state index in [2.05, 4.69) is 4.98 Å². The quantitative estimate of drug-likeness (QED) is 0.825. The fraction of sp³-hybridized carbons (Fsp3) is 0.417. The van der Waals surface area contributed by atoms with E-state index in [9.17, 15) is 0 Å². The van der Waals surface area contributed by atoms with E-state index in [1.54, 1.807) is 17.6 Å². The zero-order valence-electron chi connectivity index (χ0n) is 9.19. The third-order valence-corrected chi connectivity index (χ3v) is 4.28. The SMILES string of the molecule is Cc1ccoc1-c1nc2c(s1)C(N)CCC2. The van der Waals surface area contributed by atoms with Gasteiger partial charge in [0.1, 0.15) is 0 Å². The highest BCUT2D eigenvalue weighted by Gasteiger charge is 2.23. The summed E-state index contributed by atoms with van der Waals surface area (Å²) in [6.07, 6.45) is 4.99. The van der Waals surface area contributed by atoms with E-state index >= 15 is 0 Å². The molecule has 3 rings (SSSR count). The van der Waals surface area contributed by atoms with Crippen LogP contribution in [0.15, 0.2) is 16.7 Å². The minimum absolute atomic E-state index is 0.172. The second-order valence-electron chi connectivity index (χ2n) is 4.26. The first-order valence-corrected chi connectivity index (χ1v) is 6.37. The molecule has 2 heterocycles. The van der Waals surface area contributed by atoms with Crippen LogP contribution in [0.5, 0.6) is 0 Å². The summed E-state index contributed by atoms with van der Waals surface area (Å²) in [6, 6.07) is 2.14. The average Bonchev–Trinajstić information content (AvgIpc) is 2.84. The van der Waals surface area contributed by atoms with Gasteiger partial charge in [-0.3, -0.25) is 0 Å². The van der Waals surface area contributed by atoms with Crippen molar-refractivity contribution in [2.45, 2.75) is 32.2 Å². The number of aromatic nitrogens is 1. The van der Waals surface area contributed by atoms with E-state index in [0.29, 0.717) is 0 Å². The van der Waals surface area contributed by atoms with Gasteiger partial charge in [0.2, 0.25) is 0 Å². The summed E-state index contributed by atoms with van der Waals surface area (Å²) in [4.78, 5) is 5.90. The number of hydrogen-bond acceptors (Lipinski definition) is 4. The number of rotatable bonds is 1. The Balaban J connectivity index is 2.08. The highest BCUT2D eigenvalue weighted by atomic mass is 32.1. The van der Waals surface area contributed by atoms with Crippen LogP contribution in [0.2, 0.25) is 0 Å². The first-order valence-electron chi connectivity index (χ1n) is 5.55. The van der Waals surface area contributed by atoms with Crippen molar-refractivity contribution in [2.75, 3.05) is 0 Å². The number of aryl methyl sites for hydroxylation is 2. The normalized spacial score (nSPS) is 19.8. The van der Waals surface area contributed by atoms with Crippen LogP contribution in [-0.4, -0.2) is 4.98 Å². The van der Waals surface area contributed by atoms with E-state index in [0.717, 1.165) is 35.6 Å². The van der Waals surface area contributed by atoms with E-state index in [4.69, 9.17) is 10.2 Å². The maximum absolute atomic E-state index is 6.09. The Bertz CT molecular complexity index is 515. The topological polar surface area (TPSA) is 52.0 Å². The van der Waals surface area contributed by atoms with Gasteiger partial charge in [0.25, 0.3) is 0 Å². The van der Waals surface area contributed by atoms with Gasteiger partial charge in [-0.2, -0.15) is 0 Å². The zero-order chi connectivity index (χ0) is 11.1. The van der Waals surface area contributed by atoms with Crippen molar-refractivity contribution in [1.82, 2.24) is 4.98 Å². The summed E-state index contributed by atoms with van der Waals surface area (Å²) in [5.74, 6) is 0.895. The molecule has 16 heavy (non-hydrogen) atoms. The molecule has 2 aromatic rings. The molecular formula is C12H14N2OS. The van der Waals surface area contributed by atoms with Crippen LogP contribution in [-0.2, 0) is 6.42 Å². The molecule has 0 fully saturated rings. The Hall–Kier alpha value is -1.13. The summed E-state index contributed by atoms with van der Waals surface area (Å²) in [6.45, 7) is 2.04. The lowest BCUT2D eigenvalue weighted by Crippen LogP contribution is -2.15. The van der Waals surface area contributed by atoms with Gasteiger partial charge in [0.05, 0.1) is 12.0 Å². The molecule has 0 aromatic carbocycles. The number of nitrogens with two attached hydrogens (primary N) is 1. The lowest BCUT2D eigenvalue weighted by molar-refractivity contribution is 0.570. The molecule has 1 aliphatic rings. The second-order valence-corrected chi connectivity index (χ2v) is 5.29. The summed E-state index contributed by atoms with van der Waals surface area (Å²) in [5.41, 5.74) is 8.41. The van der Waals surface area contributed by atoms with Gasteiger partial charge in [0.15, 0.2) is 10.8 Å². The number of nitrogens with zero attached hydrogens (tertiary/aromatic N) is 1. The molecule has 3 nitrogen and oxygen atoms in total. The van der Waals surface area contributed by atoms with Crippen LogP contribution in [0, 0.1) is 6.92 Å². The molecule has 0 amide bonds. The minimum Gasteiger partial charge on any atom is -0.462 e. The number of thiazole rings is 1. The third-order valence-electron chi connectivity index (χ3n) is 3.05. The summed E-state index contributed by atoms with van der Waals surface area (Å²) < 4.78 is 5.47. The fourth-order valence-electron chi connectivity index (χ4n) is 2.14. The van der Waals surface area contributed by atoms with Crippen molar-refractivity contribution in [2.24, 2.45) is 5.73 Å². The van der Waals surface area contributed by atoms with Crippen LogP contribution in [0.4, 0.5) is 0 Å². The number of fused-ring (bicyclic) bond motifs is 1. The van der Waals surface area contributed by atoms with Crippen molar-refractivity contribution in [1.29, 1.82) is 0 Å². The maximum Gasteiger partial charge on any atom is 0.165 e. The van der Waals surface area contributed by atoms with Gasteiger partial charge in [0, 0.05) is 10.9 Å². The third kappa shape index (κ3) is 1.49. The van der Waals surface area contributed by atoms with Crippen molar-refractivity contribution < 1.29 is 4.42 Å². The Morgan fingerprint density at radius 1 is 1.56 bits per heavy atom. The Labute approximate surface area is 98.3 Å². The van der Waals surface area contributed by atoms with Gasteiger partial charge in [-0.1, -0.05) is 0 Å². The lowest BCUT2D eigenvalue weighted by atomic mass is 9.99. The van der Waals surface area contributed by atoms with Gasteiger partial charge in [-0.15, -0.1) is 11.3 Å². The maximum atomic E-state index is 6.09. The zero-order valence-corrected chi connectivity index (χ0v) is 10.0. The molecule has 4 heteroatoms. The second kappa shape index (κ2) is 3.71. The van der Waals surface area contributed by atoms with Crippen molar-refractivity contribution in [3.8, 4) is 10.8 Å². The smallest absolute Gasteiger partial charge is 0.165 e. The molecule has 0 saturated heterocycles. The summed E-state index contributed by atoms with van der Waals surface area (Å²) in [7, 11) is 0. The largest absolute Gasteiger partial charge is 0.462 e. The average molecular weight is 234 g/mol. The first kappa shape index (κ1) is 10.1. The molecule has 1 atom stereocenters. The molecule has 1 unspecified atom stereocenters. The highest BCUT2D eigenvalue weighted by molar-refractivity contribution is 7.15. The predicted octanol–water partition coefficient (Wildman–Crippen LogP) is 3.05. The molecule has 0 saturated carbocycles. The molecule has 2 N–H and O–H groups in total. The number of hydrogen-bond donors (Lipinski definition) is 1. The Kier molecular flexibility index (Phi) is 2.33. The van der Waals surface area contributed by atoms with Gasteiger partial charge in [-0.05, 0) is 37.8 Å². The van der Waals surface area contributed by atoms with Gasteiger partial charge in [-0.25, -0.2) is 4.98 Å². The van der Waals surface area contributed by atoms with E-state index in [1.165, 1.54) is 10.6 Å². The van der Waals surface area contributed by atoms with E-state index in [-0.39, 0.29) is 6.04 Å². The highest BCUT2D eigenvalue weighted by Crippen LogP contribution is 2.37. The standard InChI is InChI=1S/C12H14N2OS/c1-7-5-6-15-10(7)12-14-9-4-2-3-8(13)11(9)16-12/h5-6,8H,2-4,13H2,1H3. The molecule has 0 bridgehead atoms. The van der Waals surface area contributed by atoms with Crippen LogP contribution < -0.4 is 5.73 Å². The summed E-state index contributed by atoms with van der Waals surface area (Å²) >= 11 is 1.69. The monoisotopic (exact) mass is 234 g/mol. The predicted molar refractivity (Wildman–Crippen MR) is 64.4 cm³/mol. The van der Waals surface area contributed by atoms with Crippen LogP contribution in [0.3, 0.4) is 0 Å². The first-order chi connectivity index (χ1) is 7.75. The van der Waals surface area contributed by atoms with E-state index in [1.807, 2.05) is 13.0 Å². The van der Waals surface area contributed by atoms with Crippen LogP contribution in [0.1, 0.15) is 35.0 Å². The molecule has 0 spiro atoms. The molecule has 84 valence electrons. The van der Waals surface area contributed by atoms with E-state index < -0.39 is 0 Å². The van der Waals surface area contributed by atoms with Gasteiger partial charge >= 0.3 is 0 Å². The van der Waals surface area contributed by atoms with Crippen molar-refractivity contribution in [3.63, 3.8) is 0 Å². The minimum atomic E-state index is 0.172. The van der Waals surface area contributed by atoms with Crippen LogP contribution in [0.25, 0.3) is 10.8 Å². The Morgan fingerprint density at radius 3 is 3.12 bits per heavy atom. The molecule has 1 aliphatic carbocycles. The molecule has 0 radical (unpaired) electrons. The molecular weight excluding hydrogens is 220 g/mol. The molecule has 2 aromatic heterocycles. The fourth-order valence-corrected chi connectivity index (χ4v) is 3.34. The summed E-state index contributed by atoms with van der Waals surface area (Å²) in [5, 5.41) is 0.977. The van der Waals surface area contributed by atoms with Crippen molar-refractivity contribution >= 4 is 11.3 Å².